The summed E-state index contributed by atoms with van der Waals surface area (Å²) in [5.41, 5.74) is 2.07. The molecule has 6 nitrogen and oxygen atoms in total. The number of nitrogens with one attached hydrogen (secondary N) is 2. The fraction of sp³-hybridized carbons (Fsp3) is 0.118. The van der Waals surface area contributed by atoms with E-state index in [0.29, 0.717) is 12.4 Å². The van der Waals surface area contributed by atoms with Crippen LogP contribution in [0.25, 0.3) is 0 Å². The molecule has 1 aromatic carbocycles. The molecule has 0 bridgehead atoms. The predicted octanol–water partition coefficient (Wildman–Crippen LogP) is 3.24. The van der Waals surface area contributed by atoms with E-state index in [9.17, 15) is 4.79 Å². The lowest BCUT2D eigenvalue weighted by atomic mass is 10.2. The van der Waals surface area contributed by atoms with Crippen molar-refractivity contribution in [3.05, 3.63) is 72.1 Å². The van der Waals surface area contributed by atoms with Crippen molar-refractivity contribution in [3.63, 3.8) is 0 Å². The predicted molar refractivity (Wildman–Crippen MR) is 87.2 cm³/mol. The van der Waals surface area contributed by atoms with E-state index in [4.69, 9.17) is 4.42 Å². The Morgan fingerprint density at radius 2 is 2.09 bits per heavy atom. The molecule has 0 atom stereocenters. The Bertz CT molecular complexity index is 783. The van der Waals surface area contributed by atoms with Crippen LogP contribution in [0.5, 0.6) is 0 Å². The van der Waals surface area contributed by atoms with Gasteiger partial charge in [-0.25, -0.2) is 9.97 Å². The van der Waals surface area contributed by atoms with E-state index < -0.39 is 0 Å². The molecule has 0 unspecified atom stereocenters. The second-order valence-electron chi connectivity index (χ2n) is 5.04. The summed E-state index contributed by atoms with van der Waals surface area (Å²) in [5.74, 6) is 1.09. The zero-order valence-electron chi connectivity index (χ0n) is 12.6. The van der Waals surface area contributed by atoms with Gasteiger partial charge in [-0.1, -0.05) is 12.1 Å². The summed E-state index contributed by atoms with van der Waals surface area (Å²) in [6, 6.07) is 11.3. The lowest BCUT2D eigenvalue weighted by Gasteiger charge is -2.06. The number of furan rings is 1. The topological polar surface area (TPSA) is 80.0 Å². The summed E-state index contributed by atoms with van der Waals surface area (Å²) < 4.78 is 5.22. The maximum absolute atomic E-state index is 12.1. The Balaban J connectivity index is 1.61. The summed E-state index contributed by atoms with van der Waals surface area (Å²) in [6.45, 7) is 2.48. The molecule has 2 aromatic heterocycles. The number of nitrogens with zero attached hydrogens (tertiary/aromatic N) is 2. The molecule has 0 spiro atoms. The monoisotopic (exact) mass is 308 g/mol. The summed E-state index contributed by atoms with van der Waals surface area (Å²) in [4.78, 5) is 20.4. The molecular weight excluding hydrogens is 292 g/mol. The average Bonchev–Trinajstić information content (AvgIpc) is 3.07. The van der Waals surface area contributed by atoms with Crippen LogP contribution in [0, 0.1) is 6.92 Å². The molecule has 2 heterocycles. The second kappa shape index (κ2) is 6.74. The lowest BCUT2D eigenvalue weighted by Crippen LogP contribution is -2.14. The number of carbonyl (C=O) groups is 1. The summed E-state index contributed by atoms with van der Waals surface area (Å²) >= 11 is 0. The maximum Gasteiger partial charge on any atom is 0.275 e. The maximum atomic E-state index is 12.1. The van der Waals surface area contributed by atoms with Crippen molar-refractivity contribution < 1.29 is 9.21 Å². The molecule has 0 fully saturated rings. The van der Waals surface area contributed by atoms with Gasteiger partial charge in [0.25, 0.3) is 5.91 Å². The first-order chi connectivity index (χ1) is 11.2. The van der Waals surface area contributed by atoms with Gasteiger partial charge in [0, 0.05) is 5.69 Å². The molecule has 23 heavy (non-hydrogen) atoms. The number of rotatable bonds is 5. The first-order valence-corrected chi connectivity index (χ1v) is 7.17. The zero-order chi connectivity index (χ0) is 16.1. The first-order valence-electron chi connectivity index (χ1n) is 7.17. The van der Waals surface area contributed by atoms with E-state index in [1.54, 1.807) is 6.26 Å². The molecule has 3 rings (SSSR count). The van der Waals surface area contributed by atoms with Crippen LogP contribution < -0.4 is 10.6 Å². The van der Waals surface area contributed by atoms with Crippen LogP contribution in [-0.4, -0.2) is 15.9 Å². The van der Waals surface area contributed by atoms with E-state index >= 15 is 0 Å². The van der Waals surface area contributed by atoms with Gasteiger partial charge in [0.2, 0.25) is 0 Å². The van der Waals surface area contributed by atoms with E-state index in [1.165, 1.54) is 12.4 Å². The van der Waals surface area contributed by atoms with Crippen LogP contribution >= 0.6 is 0 Å². The fourth-order valence-electron chi connectivity index (χ4n) is 2.05. The van der Waals surface area contributed by atoms with Crippen molar-refractivity contribution in [3.8, 4) is 0 Å². The van der Waals surface area contributed by atoms with E-state index in [0.717, 1.165) is 17.0 Å². The molecule has 0 saturated carbocycles. The highest BCUT2D eigenvalue weighted by molar-refractivity contribution is 6.02. The molecule has 2 N–H and O–H groups in total. The Labute approximate surface area is 133 Å². The molecule has 0 aliphatic heterocycles. The Hall–Kier alpha value is -3.15. The molecule has 3 aromatic rings. The highest BCUT2D eigenvalue weighted by Gasteiger charge is 2.08. The van der Waals surface area contributed by atoms with Crippen LogP contribution in [0.1, 0.15) is 21.8 Å². The number of amides is 1. The molecule has 6 heteroatoms. The standard InChI is InChI=1S/C17H16N4O2/c1-12-4-2-5-13(8-12)21-17(22)15-10-20-16(11-18-15)19-9-14-6-3-7-23-14/h2-8,10-11H,9H2,1H3,(H,19,20)(H,21,22). The number of benzene rings is 1. The van der Waals surface area contributed by atoms with Crippen LogP contribution in [0.4, 0.5) is 11.5 Å². The van der Waals surface area contributed by atoms with E-state index in [-0.39, 0.29) is 11.6 Å². The molecule has 0 aliphatic rings. The van der Waals surface area contributed by atoms with Crippen molar-refractivity contribution >= 4 is 17.4 Å². The van der Waals surface area contributed by atoms with Gasteiger partial charge in [0.05, 0.1) is 25.2 Å². The van der Waals surface area contributed by atoms with Crippen LogP contribution in [-0.2, 0) is 6.54 Å². The largest absolute Gasteiger partial charge is 0.467 e. The van der Waals surface area contributed by atoms with Crippen molar-refractivity contribution in [1.29, 1.82) is 0 Å². The van der Waals surface area contributed by atoms with Crippen LogP contribution in [0.3, 0.4) is 0 Å². The second-order valence-corrected chi connectivity index (χ2v) is 5.04. The first kappa shape index (κ1) is 14.8. The van der Waals surface area contributed by atoms with E-state index in [2.05, 4.69) is 20.6 Å². The summed E-state index contributed by atoms with van der Waals surface area (Å²) in [5, 5.41) is 5.87. The minimum atomic E-state index is -0.291. The molecule has 0 aliphatic carbocycles. The van der Waals surface area contributed by atoms with Crippen LogP contribution in [0.2, 0.25) is 0 Å². The number of hydrogen-bond acceptors (Lipinski definition) is 5. The minimum absolute atomic E-state index is 0.259. The third kappa shape index (κ3) is 3.94. The van der Waals surface area contributed by atoms with Gasteiger partial charge in [-0.15, -0.1) is 0 Å². The number of aromatic nitrogens is 2. The molecule has 1 amide bonds. The van der Waals surface area contributed by atoms with E-state index in [1.807, 2.05) is 43.3 Å². The Kier molecular flexibility index (Phi) is 4.33. The van der Waals surface area contributed by atoms with Gasteiger partial charge in [-0.3, -0.25) is 4.79 Å². The summed E-state index contributed by atoms with van der Waals surface area (Å²) in [7, 11) is 0. The fourth-order valence-corrected chi connectivity index (χ4v) is 2.05. The summed E-state index contributed by atoms with van der Waals surface area (Å²) in [6.07, 6.45) is 4.57. The number of aryl methyl sites for hydroxylation is 1. The van der Waals surface area contributed by atoms with Gasteiger partial charge < -0.3 is 15.1 Å². The lowest BCUT2D eigenvalue weighted by molar-refractivity contribution is 0.102. The molecule has 0 saturated heterocycles. The Morgan fingerprint density at radius 1 is 1.17 bits per heavy atom. The number of anilines is 2. The third-order valence-electron chi connectivity index (χ3n) is 3.18. The zero-order valence-corrected chi connectivity index (χ0v) is 12.6. The highest BCUT2D eigenvalue weighted by atomic mass is 16.3. The van der Waals surface area contributed by atoms with Crippen molar-refractivity contribution in [2.75, 3.05) is 10.6 Å². The van der Waals surface area contributed by atoms with Crippen molar-refractivity contribution in [2.45, 2.75) is 13.5 Å². The number of carbonyl (C=O) groups excluding carboxylic acids is 1. The number of hydrogen-bond donors (Lipinski definition) is 2. The third-order valence-corrected chi connectivity index (χ3v) is 3.18. The van der Waals surface area contributed by atoms with Crippen LogP contribution in [0.15, 0.2) is 59.5 Å². The smallest absolute Gasteiger partial charge is 0.275 e. The van der Waals surface area contributed by atoms with Gasteiger partial charge in [-0.2, -0.15) is 0 Å². The molecular formula is C17H16N4O2. The highest BCUT2D eigenvalue weighted by Crippen LogP contribution is 2.11. The average molecular weight is 308 g/mol. The minimum Gasteiger partial charge on any atom is -0.467 e. The van der Waals surface area contributed by atoms with Gasteiger partial charge in [-0.05, 0) is 36.8 Å². The van der Waals surface area contributed by atoms with Gasteiger partial charge in [0.1, 0.15) is 17.3 Å². The molecule has 116 valence electrons. The van der Waals surface area contributed by atoms with Gasteiger partial charge >= 0.3 is 0 Å². The molecule has 0 radical (unpaired) electrons. The van der Waals surface area contributed by atoms with Crippen molar-refractivity contribution in [2.24, 2.45) is 0 Å². The SMILES string of the molecule is Cc1cccc(NC(=O)c2cnc(NCc3ccco3)cn2)c1. The Morgan fingerprint density at radius 3 is 2.78 bits per heavy atom. The van der Waals surface area contributed by atoms with Crippen molar-refractivity contribution in [1.82, 2.24) is 9.97 Å². The van der Waals surface area contributed by atoms with Gasteiger partial charge in [0.15, 0.2) is 0 Å². The normalized spacial score (nSPS) is 10.3. The quantitative estimate of drug-likeness (QED) is 0.756.